The first-order valence-electron chi connectivity index (χ1n) is 7.82. The van der Waals surface area contributed by atoms with Gasteiger partial charge in [-0.2, -0.15) is 4.98 Å². The van der Waals surface area contributed by atoms with Gasteiger partial charge in [0, 0.05) is 24.0 Å². The number of nitrogens with zero attached hydrogens (tertiary/aromatic N) is 4. The van der Waals surface area contributed by atoms with Crippen molar-refractivity contribution >= 4 is 17.4 Å². The van der Waals surface area contributed by atoms with Crippen molar-refractivity contribution in [1.82, 2.24) is 20.1 Å². The van der Waals surface area contributed by atoms with Crippen LogP contribution in [-0.2, 0) is 6.42 Å². The van der Waals surface area contributed by atoms with Crippen molar-refractivity contribution in [3.05, 3.63) is 59.6 Å². The number of nitrogens with one attached hydrogen (secondary N) is 1. The van der Waals surface area contributed by atoms with Crippen molar-refractivity contribution in [3.63, 3.8) is 0 Å². The Bertz CT molecular complexity index is 873. The smallest absolute Gasteiger partial charge is 0.278 e. The average molecular weight is 338 g/mol. The standard InChI is InChI=1S/C17H18N6O2/c1-10(2)16-22-13(25-23-16)9-11-3-5-12(6-4-11)21-17(24)14-15(18)20-8-7-19-14/h3-8,10H,9H2,1-2H3,(H2,18,20)(H,21,24). The zero-order valence-electron chi connectivity index (χ0n) is 13.9. The summed E-state index contributed by atoms with van der Waals surface area (Å²) in [4.78, 5) is 24.3. The SMILES string of the molecule is CC(C)c1noc(Cc2ccc(NC(=O)c3nccnc3N)cc2)n1. The van der Waals surface area contributed by atoms with E-state index >= 15 is 0 Å². The van der Waals surface area contributed by atoms with E-state index in [-0.39, 0.29) is 17.4 Å². The fraction of sp³-hybridized carbons (Fsp3) is 0.235. The van der Waals surface area contributed by atoms with Gasteiger partial charge in [-0.1, -0.05) is 31.1 Å². The number of anilines is 2. The fourth-order valence-electron chi connectivity index (χ4n) is 2.17. The molecule has 0 spiro atoms. The van der Waals surface area contributed by atoms with Crippen LogP contribution in [0.2, 0.25) is 0 Å². The van der Waals surface area contributed by atoms with Gasteiger partial charge in [0.1, 0.15) is 0 Å². The highest BCUT2D eigenvalue weighted by Gasteiger charge is 2.13. The summed E-state index contributed by atoms with van der Waals surface area (Å²) >= 11 is 0. The van der Waals surface area contributed by atoms with Gasteiger partial charge in [-0.15, -0.1) is 0 Å². The molecule has 3 rings (SSSR count). The third-order valence-electron chi connectivity index (χ3n) is 3.51. The van der Waals surface area contributed by atoms with Crippen LogP contribution in [0, 0.1) is 0 Å². The molecule has 2 heterocycles. The fourth-order valence-corrected chi connectivity index (χ4v) is 2.17. The normalized spacial score (nSPS) is 10.8. The maximum absolute atomic E-state index is 12.2. The monoisotopic (exact) mass is 338 g/mol. The minimum Gasteiger partial charge on any atom is -0.382 e. The molecule has 0 aliphatic heterocycles. The maximum atomic E-state index is 12.2. The lowest BCUT2D eigenvalue weighted by Gasteiger charge is -2.06. The molecule has 3 aromatic rings. The van der Waals surface area contributed by atoms with E-state index in [4.69, 9.17) is 10.3 Å². The van der Waals surface area contributed by atoms with E-state index in [2.05, 4.69) is 25.4 Å². The van der Waals surface area contributed by atoms with Crippen LogP contribution in [0.25, 0.3) is 0 Å². The molecule has 0 aliphatic carbocycles. The molecular weight excluding hydrogens is 320 g/mol. The van der Waals surface area contributed by atoms with Gasteiger partial charge in [0.05, 0.1) is 6.42 Å². The summed E-state index contributed by atoms with van der Waals surface area (Å²) < 4.78 is 5.24. The van der Waals surface area contributed by atoms with E-state index in [0.29, 0.717) is 23.8 Å². The topological polar surface area (TPSA) is 120 Å². The number of nitrogens with two attached hydrogens (primary N) is 1. The number of hydrogen-bond donors (Lipinski definition) is 2. The Morgan fingerprint density at radius 3 is 2.56 bits per heavy atom. The Hall–Kier alpha value is -3.29. The second-order valence-electron chi connectivity index (χ2n) is 5.82. The van der Waals surface area contributed by atoms with Crippen LogP contribution in [0.15, 0.2) is 41.2 Å². The van der Waals surface area contributed by atoms with Crippen LogP contribution in [-0.4, -0.2) is 26.0 Å². The van der Waals surface area contributed by atoms with Crippen molar-refractivity contribution in [2.45, 2.75) is 26.2 Å². The van der Waals surface area contributed by atoms with Crippen LogP contribution in [0.4, 0.5) is 11.5 Å². The molecular formula is C17H18N6O2. The molecule has 0 radical (unpaired) electrons. The number of benzene rings is 1. The van der Waals surface area contributed by atoms with Crippen LogP contribution in [0.3, 0.4) is 0 Å². The molecule has 0 bridgehead atoms. The lowest BCUT2D eigenvalue weighted by Crippen LogP contribution is -2.16. The molecule has 0 unspecified atom stereocenters. The number of amides is 1. The summed E-state index contributed by atoms with van der Waals surface area (Å²) in [5.41, 5.74) is 7.37. The van der Waals surface area contributed by atoms with Crippen LogP contribution < -0.4 is 11.1 Å². The first-order chi connectivity index (χ1) is 12.0. The van der Waals surface area contributed by atoms with Crippen LogP contribution >= 0.6 is 0 Å². The van der Waals surface area contributed by atoms with Gasteiger partial charge in [0.2, 0.25) is 5.89 Å². The molecule has 0 fully saturated rings. The van der Waals surface area contributed by atoms with Gasteiger partial charge in [0.15, 0.2) is 17.3 Å². The van der Waals surface area contributed by atoms with Crippen molar-refractivity contribution in [3.8, 4) is 0 Å². The molecule has 0 aliphatic rings. The largest absolute Gasteiger partial charge is 0.382 e. The molecule has 1 amide bonds. The number of rotatable bonds is 5. The molecule has 8 nitrogen and oxygen atoms in total. The summed E-state index contributed by atoms with van der Waals surface area (Å²) in [7, 11) is 0. The highest BCUT2D eigenvalue weighted by Crippen LogP contribution is 2.16. The molecule has 0 atom stereocenters. The van der Waals surface area contributed by atoms with E-state index in [1.807, 2.05) is 26.0 Å². The van der Waals surface area contributed by atoms with E-state index in [1.165, 1.54) is 12.4 Å². The quantitative estimate of drug-likeness (QED) is 0.733. The summed E-state index contributed by atoms with van der Waals surface area (Å²) in [5, 5.41) is 6.68. The van der Waals surface area contributed by atoms with Crippen LogP contribution in [0.1, 0.15) is 47.5 Å². The van der Waals surface area contributed by atoms with Crippen molar-refractivity contribution in [2.24, 2.45) is 0 Å². The maximum Gasteiger partial charge on any atom is 0.278 e. The van der Waals surface area contributed by atoms with Gasteiger partial charge < -0.3 is 15.6 Å². The Labute approximate surface area is 144 Å². The average Bonchev–Trinajstić information content (AvgIpc) is 3.06. The molecule has 0 saturated carbocycles. The third-order valence-corrected chi connectivity index (χ3v) is 3.51. The van der Waals surface area contributed by atoms with Gasteiger partial charge in [-0.3, -0.25) is 4.79 Å². The molecule has 128 valence electrons. The van der Waals surface area contributed by atoms with Crippen molar-refractivity contribution in [1.29, 1.82) is 0 Å². The van der Waals surface area contributed by atoms with Crippen LogP contribution in [0.5, 0.6) is 0 Å². The summed E-state index contributed by atoms with van der Waals surface area (Å²) in [5.74, 6) is 1.17. The summed E-state index contributed by atoms with van der Waals surface area (Å²) in [6.45, 7) is 4.02. The Morgan fingerprint density at radius 1 is 1.20 bits per heavy atom. The Kier molecular flexibility index (Phi) is 4.69. The lowest BCUT2D eigenvalue weighted by atomic mass is 10.1. The minimum atomic E-state index is -0.406. The number of aromatic nitrogens is 4. The molecule has 1 aromatic carbocycles. The lowest BCUT2D eigenvalue weighted by molar-refractivity contribution is 0.102. The van der Waals surface area contributed by atoms with Gasteiger partial charge >= 0.3 is 0 Å². The second-order valence-corrected chi connectivity index (χ2v) is 5.82. The van der Waals surface area contributed by atoms with E-state index < -0.39 is 5.91 Å². The van der Waals surface area contributed by atoms with Gasteiger partial charge in [0.25, 0.3) is 5.91 Å². The minimum absolute atomic E-state index is 0.0916. The van der Waals surface area contributed by atoms with E-state index in [0.717, 1.165) is 5.56 Å². The van der Waals surface area contributed by atoms with E-state index in [9.17, 15) is 4.79 Å². The third kappa shape index (κ3) is 3.97. The zero-order valence-corrected chi connectivity index (χ0v) is 13.9. The number of carbonyl (C=O) groups is 1. The van der Waals surface area contributed by atoms with Crippen molar-refractivity contribution in [2.75, 3.05) is 11.1 Å². The highest BCUT2D eigenvalue weighted by atomic mass is 16.5. The van der Waals surface area contributed by atoms with Gasteiger partial charge in [-0.05, 0) is 17.7 Å². The van der Waals surface area contributed by atoms with E-state index in [1.54, 1.807) is 12.1 Å². The number of carbonyl (C=O) groups excluding carboxylic acids is 1. The highest BCUT2D eigenvalue weighted by molar-refractivity contribution is 6.05. The number of hydrogen-bond acceptors (Lipinski definition) is 7. The first-order valence-corrected chi connectivity index (χ1v) is 7.82. The molecule has 0 saturated heterocycles. The molecule has 3 N–H and O–H groups in total. The molecule has 8 heteroatoms. The predicted molar refractivity (Wildman–Crippen MR) is 92.0 cm³/mol. The van der Waals surface area contributed by atoms with Gasteiger partial charge in [-0.25, -0.2) is 9.97 Å². The molecule has 25 heavy (non-hydrogen) atoms. The first kappa shape index (κ1) is 16.6. The molecule has 2 aromatic heterocycles. The zero-order chi connectivity index (χ0) is 17.8. The summed E-state index contributed by atoms with van der Waals surface area (Å²) in [6.07, 6.45) is 3.39. The Morgan fingerprint density at radius 2 is 1.92 bits per heavy atom. The number of nitrogen functional groups attached to an aromatic ring is 1. The Balaban J connectivity index is 1.65. The second kappa shape index (κ2) is 7.08. The van der Waals surface area contributed by atoms with Crippen molar-refractivity contribution < 1.29 is 9.32 Å². The predicted octanol–water partition coefficient (Wildman–Crippen LogP) is 2.41. The summed E-state index contributed by atoms with van der Waals surface area (Å²) in [6, 6.07) is 7.35.